The van der Waals surface area contributed by atoms with E-state index in [0.29, 0.717) is 0 Å². The van der Waals surface area contributed by atoms with Crippen molar-refractivity contribution in [1.29, 1.82) is 0 Å². The van der Waals surface area contributed by atoms with Gasteiger partial charge in [-0.2, -0.15) is 0 Å². The maximum absolute atomic E-state index is 2.82. The third kappa shape index (κ3) is 5.30. The Morgan fingerprint density at radius 2 is 1.25 bits per heavy atom. The molecule has 0 amide bonds. The molecule has 2 aliphatic rings. The number of nitrogens with zero attached hydrogens (tertiary/aromatic N) is 2. The van der Waals surface area contributed by atoms with Gasteiger partial charge in [0, 0.05) is 25.2 Å². The number of piperidine rings is 2. The largest absolute Gasteiger partial charge is 0.303 e. The highest BCUT2D eigenvalue weighted by Gasteiger charge is 2.41. The first-order valence-corrected chi connectivity index (χ1v) is 10.4. The van der Waals surface area contributed by atoms with Gasteiger partial charge in [-0.3, -0.25) is 4.90 Å². The quantitative estimate of drug-likeness (QED) is 0.625. The summed E-state index contributed by atoms with van der Waals surface area (Å²) in [5, 5.41) is 0. The minimum Gasteiger partial charge on any atom is -0.303 e. The lowest BCUT2D eigenvalue weighted by Gasteiger charge is -2.51. The Balaban J connectivity index is 0.00000140. The lowest BCUT2D eigenvalue weighted by molar-refractivity contribution is 0.00495. The number of rotatable bonds is 5. The fraction of sp³-hybridized carbons (Fsp3) is 0.500. The van der Waals surface area contributed by atoms with E-state index in [1.165, 1.54) is 76.8 Å². The van der Waals surface area contributed by atoms with Gasteiger partial charge in [0.2, 0.25) is 0 Å². The topological polar surface area (TPSA) is 6.48 Å². The summed E-state index contributed by atoms with van der Waals surface area (Å²) in [6.07, 6.45) is 7.85. The number of hydrogen-bond donors (Lipinski definition) is 0. The zero-order valence-electron chi connectivity index (χ0n) is 16.8. The van der Waals surface area contributed by atoms with Crippen molar-refractivity contribution >= 4 is 24.8 Å². The van der Waals surface area contributed by atoms with Gasteiger partial charge in [0.15, 0.2) is 0 Å². The molecule has 2 aliphatic heterocycles. The Bertz CT molecular complexity index is 664. The van der Waals surface area contributed by atoms with E-state index in [-0.39, 0.29) is 30.4 Å². The van der Waals surface area contributed by atoms with E-state index in [1.54, 1.807) is 5.56 Å². The van der Waals surface area contributed by atoms with Crippen molar-refractivity contribution in [2.75, 3.05) is 32.7 Å². The molecule has 0 unspecified atom stereocenters. The summed E-state index contributed by atoms with van der Waals surface area (Å²) in [6.45, 7) is 6.18. The highest BCUT2D eigenvalue weighted by atomic mass is 35.5. The molecule has 0 N–H and O–H groups in total. The molecule has 0 bridgehead atoms. The Labute approximate surface area is 183 Å². The molecule has 4 rings (SSSR count). The van der Waals surface area contributed by atoms with Gasteiger partial charge < -0.3 is 4.90 Å². The first kappa shape index (κ1) is 23.2. The molecular formula is C24H34Cl2N2. The number of benzene rings is 2. The predicted octanol–water partition coefficient (Wildman–Crippen LogP) is 5.55. The summed E-state index contributed by atoms with van der Waals surface area (Å²) in [6, 6.07) is 22.3. The summed E-state index contributed by atoms with van der Waals surface area (Å²) < 4.78 is 0. The van der Waals surface area contributed by atoms with E-state index < -0.39 is 0 Å². The smallest absolute Gasteiger partial charge is 0.0484 e. The predicted molar refractivity (Wildman–Crippen MR) is 124 cm³/mol. The Kier molecular flexibility index (Phi) is 9.30. The molecule has 0 spiro atoms. The number of likely N-dealkylation sites (tertiary alicyclic amines) is 2. The second-order valence-electron chi connectivity index (χ2n) is 8.02. The van der Waals surface area contributed by atoms with E-state index in [0.717, 1.165) is 0 Å². The SMILES string of the molecule is Cl.Cl.c1ccc(CCN2CCC(c3ccccc3)(N3CCCCC3)CC2)cc1. The van der Waals surface area contributed by atoms with E-state index >= 15 is 0 Å². The Morgan fingerprint density at radius 3 is 1.86 bits per heavy atom. The van der Waals surface area contributed by atoms with Gasteiger partial charge in [-0.05, 0) is 56.3 Å². The molecule has 2 saturated heterocycles. The second kappa shape index (κ2) is 11.2. The highest BCUT2D eigenvalue weighted by molar-refractivity contribution is 5.85. The molecule has 0 saturated carbocycles. The third-order valence-electron chi connectivity index (χ3n) is 6.52. The van der Waals surface area contributed by atoms with E-state index in [4.69, 9.17) is 0 Å². The maximum atomic E-state index is 2.82. The Morgan fingerprint density at radius 1 is 0.679 bits per heavy atom. The summed E-state index contributed by atoms with van der Waals surface area (Å²) in [5.74, 6) is 0. The van der Waals surface area contributed by atoms with Crippen LogP contribution < -0.4 is 0 Å². The molecule has 2 fully saturated rings. The number of hydrogen-bond acceptors (Lipinski definition) is 2. The monoisotopic (exact) mass is 420 g/mol. The normalized spacial score (nSPS) is 20.0. The molecule has 154 valence electrons. The molecular weight excluding hydrogens is 387 g/mol. The summed E-state index contributed by atoms with van der Waals surface area (Å²) in [4.78, 5) is 5.50. The zero-order valence-corrected chi connectivity index (χ0v) is 18.4. The van der Waals surface area contributed by atoms with Crippen molar-refractivity contribution < 1.29 is 0 Å². The van der Waals surface area contributed by atoms with E-state index in [9.17, 15) is 0 Å². The molecule has 0 radical (unpaired) electrons. The average Bonchev–Trinajstić information content (AvgIpc) is 2.75. The van der Waals surface area contributed by atoms with Crippen molar-refractivity contribution in [3.8, 4) is 0 Å². The van der Waals surface area contributed by atoms with Crippen LogP contribution in [0.15, 0.2) is 60.7 Å². The van der Waals surface area contributed by atoms with Crippen molar-refractivity contribution in [2.45, 2.75) is 44.1 Å². The molecule has 0 aromatic heterocycles. The number of halogens is 2. The van der Waals surface area contributed by atoms with Crippen LogP contribution in [0.5, 0.6) is 0 Å². The maximum Gasteiger partial charge on any atom is 0.0484 e. The molecule has 2 nitrogen and oxygen atoms in total. The minimum atomic E-state index is 0. The van der Waals surface area contributed by atoms with Crippen LogP contribution >= 0.6 is 24.8 Å². The highest BCUT2D eigenvalue weighted by Crippen LogP contribution is 2.40. The van der Waals surface area contributed by atoms with Gasteiger partial charge in [-0.25, -0.2) is 0 Å². The molecule has 0 aliphatic carbocycles. The minimum absolute atomic E-state index is 0. The summed E-state index contributed by atoms with van der Waals surface area (Å²) in [7, 11) is 0. The lowest BCUT2D eigenvalue weighted by Crippen LogP contribution is -2.54. The van der Waals surface area contributed by atoms with E-state index in [1.807, 2.05) is 0 Å². The van der Waals surface area contributed by atoms with Crippen LogP contribution in [-0.2, 0) is 12.0 Å². The van der Waals surface area contributed by atoms with Crippen LogP contribution in [0.3, 0.4) is 0 Å². The van der Waals surface area contributed by atoms with Gasteiger partial charge in [0.05, 0.1) is 0 Å². The van der Waals surface area contributed by atoms with Crippen molar-refractivity contribution in [1.82, 2.24) is 9.80 Å². The van der Waals surface area contributed by atoms with Crippen LogP contribution in [-0.4, -0.2) is 42.5 Å². The van der Waals surface area contributed by atoms with Gasteiger partial charge in [0.25, 0.3) is 0 Å². The molecule has 2 aromatic rings. The molecule has 2 aromatic carbocycles. The zero-order chi connectivity index (χ0) is 17.7. The fourth-order valence-electron chi connectivity index (χ4n) is 4.94. The van der Waals surface area contributed by atoms with Gasteiger partial charge in [-0.15, -0.1) is 24.8 Å². The van der Waals surface area contributed by atoms with Crippen LogP contribution in [0.2, 0.25) is 0 Å². The van der Waals surface area contributed by atoms with Crippen molar-refractivity contribution in [2.24, 2.45) is 0 Å². The van der Waals surface area contributed by atoms with Crippen LogP contribution in [0.25, 0.3) is 0 Å². The van der Waals surface area contributed by atoms with Crippen LogP contribution in [0.1, 0.15) is 43.2 Å². The molecule has 0 atom stereocenters. The van der Waals surface area contributed by atoms with Crippen LogP contribution in [0, 0.1) is 0 Å². The van der Waals surface area contributed by atoms with E-state index in [2.05, 4.69) is 70.5 Å². The molecule has 4 heteroatoms. The fourth-order valence-corrected chi connectivity index (χ4v) is 4.94. The van der Waals surface area contributed by atoms with Crippen molar-refractivity contribution in [3.05, 3.63) is 71.8 Å². The van der Waals surface area contributed by atoms with Crippen molar-refractivity contribution in [3.63, 3.8) is 0 Å². The second-order valence-corrected chi connectivity index (χ2v) is 8.02. The molecule has 28 heavy (non-hydrogen) atoms. The standard InChI is InChI=1S/C24H32N2.2ClH/c1-4-10-22(11-5-1)14-19-25-20-15-24(16-21-25,23-12-6-2-7-13-23)26-17-8-3-9-18-26;;/h1-2,4-7,10-13H,3,8-9,14-21H2;2*1H. The summed E-state index contributed by atoms with van der Waals surface area (Å²) >= 11 is 0. The van der Waals surface area contributed by atoms with Crippen LogP contribution in [0.4, 0.5) is 0 Å². The average molecular weight is 421 g/mol. The lowest BCUT2D eigenvalue weighted by atomic mass is 9.78. The third-order valence-corrected chi connectivity index (χ3v) is 6.52. The van der Waals surface area contributed by atoms with Gasteiger partial charge in [-0.1, -0.05) is 67.1 Å². The summed E-state index contributed by atoms with van der Waals surface area (Å²) in [5.41, 5.74) is 3.28. The first-order chi connectivity index (χ1) is 12.9. The van der Waals surface area contributed by atoms with Gasteiger partial charge in [0.1, 0.15) is 0 Å². The Hall–Kier alpha value is -1.06. The molecule has 2 heterocycles. The first-order valence-electron chi connectivity index (χ1n) is 10.4. The van der Waals surface area contributed by atoms with Gasteiger partial charge >= 0.3 is 0 Å².